The van der Waals surface area contributed by atoms with Gasteiger partial charge in [-0.2, -0.15) is 0 Å². The molecule has 1 aromatic rings. The molecule has 4 heteroatoms. The zero-order valence-corrected chi connectivity index (χ0v) is 13.7. The summed E-state index contributed by atoms with van der Waals surface area (Å²) >= 11 is 0. The highest BCUT2D eigenvalue weighted by Gasteiger charge is 2.30. The van der Waals surface area contributed by atoms with E-state index in [1.165, 1.54) is 11.1 Å². The maximum absolute atomic E-state index is 12.6. The van der Waals surface area contributed by atoms with Gasteiger partial charge in [0.05, 0.1) is 6.04 Å². The van der Waals surface area contributed by atoms with E-state index in [2.05, 4.69) is 37.4 Å². The Labute approximate surface area is 133 Å². The second-order valence-electron chi connectivity index (χ2n) is 6.44. The van der Waals surface area contributed by atoms with Gasteiger partial charge in [0.2, 0.25) is 0 Å². The minimum Gasteiger partial charge on any atom is -0.396 e. The topological polar surface area (TPSA) is 52.6 Å². The lowest BCUT2D eigenvalue weighted by atomic mass is 10.1. The first-order chi connectivity index (χ1) is 10.6. The Morgan fingerprint density at radius 3 is 2.91 bits per heavy atom. The van der Waals surface area contributed by atoms with Gasteiger partial charge in [-0.25, -0.2) is 4.79 Å². The number of nitrogens with one attached hydrogen (secondary N) is 1. The summed E-state index contributed by atoms with van der Waals surface area (Å²) in [5.41, 5.74) is 2.61. The number of aliphatic hydroxyl groups excluding tert-OH is 1. The van der Waals surface area contributed by atoms with Crippen LogP contribution in [0.1, 0.15) is 50.3 Å². The standard InChI is InChI=1S/C18H28N2O2/c1-14(2)10-11-19-18(22)20(12-5-13-21)17-9-8-15-6-3-4-7-16(15)17/h3-4,6-7,14,17,21H,5,8-13H2,1-2H3,(H,19,22). The fourth-order valence-corrected chi connectivity index (χ4v) is 3.07. The van der Waals surface area contributed by atoms with Crippen molar-refractivity contribution in [3.63, 3.8) is 0 Å². The van der Waals surface area contributed by atoms with Crippen LogP contribution in [0.3, 0.4) is 0 Å². The molecule has 0 aliphatic heterocycles. The van der Waals surface area contributed by atoms with Gasteiger partial charge in [0, 0.05) is 19.7 Å². The van der Waals surface area contributed by atoms with Crippen LogP contribution >= 0.6 is 0 Å². The van der Waals surface area contributed by atoms with Crippen LogP contribution in [0.15, 0.2) is 24.3 Å². The SMILES string of the molecule is CC(C)CCNC(=O)N(CCCO)C1CCc2ccccc21. The van der Waals surface area contributed by atoms with Gasteiger partial charge in [0.15, 0.2) is 0 Å². The summed E-state index contributed by atoms with van der Waals surface area (Å²) in [5.74, 6) is 0.582. The number of fused-ring (bicyclic) bond motifs is 1. The van der Waals surface area contributed by atoms with Gasteiger partial charge < -0.3 is 15.3 Å². The third-order valence-corrected chi connectivity index (χ3v) is 4.29. The van der Waals surface area contributed by atoms with E-state index in [0.29, 0.717) is 25.4 Å². The van der Waals surface area contributed by atoms with Crippen LogP contribution in [0.2, 0.25) is 0 Å². The molecule has 0 fully saturated rings. The molecule has 1 unspecified atom stereocenters. The van der Waals surface area contributed by atoms with Gasteiger partial charge in [-0.15, -0.1) is 0 Å². The summed E-state index contributed by atoms with van der Waals surface area (Å²) in [6.07, 6.45) is 3.61. The van der Waals surface area contributed by atoms with Crippen LogP contribution in [-0.2, 0) is 6.42 Å². The average Bonchev–Trinajstić information content (AvgIpc) is 2.91. The Hall–Kier alpha value is -1.55. The Balaban J connectivity index is 2.05. The Morgan fingerprint density at radius 2 is 2.18 bits per heavy atom. The van der Waals surface area contributed by atoms with Crippen molar-refractivity contribution in [3.8, 4) is 0 Å². The third kappa shape index (κ3) is 4.23. The van der Waals surface area contributed by atoms with Gasteiger partial charge in [0.1, 0.15) is 0 Å². The minimum absolute atomic E-state index is 0.00389. The Kier molecular flexibility index (Phi) is 6.25. The molecule has 0 radical (unpaired) electrons. The molecule has 1 aliphatic rings. The predicted octanol–water partition coefficient (Wildman–Crippen LogP) is 3.11. The normalized spacial score (nSPS) is 16.6. The molecular weight excluding hydrogens is 276 g/mol. The second-order valence-corrected chi connectivity index (χ2v) is 6.44. The molecule has 0 heterocycles. The van der Waals surface area contributed by atoms with Gasteiger partial charge in [-0.05, 0) is 42.7 Å². The van der Waals surface area contributed by atoms with Crippen molar-refractivity contribution in [2.45, 2.75) is 45.6 Å². The molecule has 122 valence electrons. The number of benzene rings is 1. The molecule has 22 heavy (non-hydrogen) atoms. The van der Waals surface area contributed by atoms with E-state index < -0.39 is 0 Å². The van der Waals surface area contributed by atoms with Crippen LogP contribution in [0, 0.1) is 5.92 Å². The van der Waals surface area contributed by atoms with E-state index in [-0.39, 0.29) is 18.7 Å². The van der Waals surface area contributed by atoms with Crippen LogP contribution in [-0.4, -0.2) is 35.7 Å². The molecule has 0 saturated carbocycles. The van der Waals surface area contributed by atoms with Crippen LogP contribution in [0.4, 0.5) is 4.79 Å². The van der Waals surface area contributed by atoms with E-state index in [1.807, 2.05) is 11.0 Å². The number of carbonyl (C=O) groups is 1. The number of carbonyl (C=O) groups excluding carboxylic acids is 1. The number of aliphatic hydroxyl groups is 1. The van der Waals surface area contributed by atoms with Crippen molar-refractivity contribution >= 4 is 6.03 Å². The molecule has 2 rings (SSSR count). The molecular formula is C18H28N2O2. The molecule has 1 aliphatic carbocycles. The van der Waals surface area contributed by atoms with E-state index in [1.54, 1.807) is 0 Å². The lowest BCUT2D eigenvalue weighted by molar-refractivity contribution is 0.164. The van der Waals surface area contributed by atoms with E-state index in [4.69, 9.17) is 5.11 Å². The van der Waals surface area contributed by atoms with E-state index in [0.717, 1.165) is 19.3 Å². The summed E-state index contributed by atoms with van der Waals surface area (Å²) in [6, 6.07) is 8.51. The molecule has 2 amide bonds. The third-order valence-electron chi connectivity index (χ3n) is 4.29. The van der Waals surface area contributed by atoms with Crippen LogP contribution in [0.5, 0.6) is 0 Å². The maximum atomic E-state index is 12.6. The molecule has 0 bridgehead atoms. The molecule has 4 nitrogen and oxygen atoms in total. The largest absolute Gasteiger partial charge is 0.396 e. The highest BCUT2D eigenvalue weighted by atomic mass is 16.3. The fourth-order valence-electron chi connectivity index (χ4n) is 3.07. The van der Waals surface area contributed by atoms with Gasteiger partial charge in [-0.3, -0.25) is 0 Å². The quantitative estimate of drug-likeness (QED) is 0.813. The average molecular weight is 304 g/mol. The summed E-state index contributed by atoms with van der Waals surface area (Å²) in [6.45, 7) is 5.74. The van der Waals surface area contributed by atoms with Crippen molar-refractivity contribution in [1.29, 1.82) is 0 Å². The summed E-state index contributed by atoms with van der Waals surface area (Å²) in [7, 11) is 0. The first-order valence-electron chi connectivity index (χ1n) is 8.36. The van der Waals surface area contributed by atoms with Crippen LogP contribution in [0.25, 0.3) is 0 Å². The predicted molar refractivity (Wildman–Crippen MR) is 88.8 cm³/mol. The number of hydrogen-bond donors (Lipinski definition) is 2. The van der Waals surface area contributed by atoms with Crippen molar-refractivity contribution in [3.05, 3.63) is 35.4 Å². The maximum Gasteiger partial charge on any atom is 0.317 e. The van der Waals surface area contributed by atoms with Gasteiger partial charge in [-0.1, -0.05) is 38.1 Å². The zero-order chi connectivity index (χ0) is 15.9. The molecule has 0 saturated heterocycles. The number of urea groups is 1. The number of rotatable bonds is 7. The summed E-state index contributed by atoms with van der Waals surface area (Å²) in [4.78, 5) is 14.5. The number of aryl methyl sites for hydroxylation is 1. The fraction of sp³-hybridized carbons (Fsp3) is 0.611. The van der Waals surface area contributed by atoms with Gasteiger partial charge in [0.25, 0.3) is 0 Å². The van der Waals surface area contributed by atoms with Crippen molar-refractivity contribution in [1.82, 2.24) is 10.2 Å². The monoisotopic (exact) mass is 304 g/mol. The Morgan fingerprint density at radius 1 is 1.41 bits per heavy atom. The number of hydrogen-bond acceptors (Lipinski definition) is 2. The van der Waals surface area contributed by atoms with Gasteiger partial charge >= 0.3 is 6.03 Å². The molecule has 2 N–H and O–H groups in total. The lowest BCUT2D eigenvalue weighted by Gasteiger charge is -2.30. The zero-order valence-electron chi connectivity index (χ0n) is 13.7. The number of nitrogens with zero attached hydrogens (tertiary/aromatic N) is 1. The van der Waals surface area contributed by atoms with Crippen molar-refractivity contribution in [2.75, 3.05) is 19.7 Å². The minimum atomic E-state index is -0.00389. The number of amides is 2. The smallest absolute Gasteiger partial charge is 0.317 e. The van der Waals surface area contributed by atoms with E-state index in [9.17, 15) is 4.79 Å². The van der Waals surface area contributed by atoms with Crippen LogP contribution < -0.4 is 5.32 Å². The lowest BCUT2D eigenvalue weighted by Crippen LogP contribution is -2.43. The highest BCUT2D eigenvalue weighted by Crippen LogP contribution is 2.35. The van der Waals surface area contributed by atoms with E-state index >= 15 is 0 Å². The first-order valence-corrected chi connectivity index (χ1v) is 8.36. The molecule has 0 spiro atoms. The second kappa shape index (κ2) is 8.18. The Bertz CT molecular complexity index is 488. The first kappa shape index (κ1) is 16.8. The summed E-state index contributed by atoms with van der Waals surface area (Å²) in [5, 5.41) is 12.2. The summed E-state index contributed by atoms with van der Waals surface area (Å²) < 4.78 is 0. The molecule has 1 atom stereocenters. The molecule has 0 aromatic heterocycles. The van der Waals surface area contributed by atoms with Crippen molar-refractivity contribution < 1.29 is 9.90 Å². The van der Waals surface area contributed by atoms with Crippen molar-refractivity contribution in [2.24, 2.45) is 5.92 Å². The highest BCUT2D eigenvalue weighted by molar-refractivity contribution is 5.75. The molecule has 1 aromatic carbocycles.